The highest BCUT2D eigenvalue weighted by atomic mass is 16.5. The lowest BCUT2D eigenvalue weighted by atomic mass is 9.84. The quantitative estimate of drug-likeness (QED) is 0.851. The lowest BCUT2D eigenvalue weighted by Gasteiger charge is -2.49. The molecule has 0 radical (unpaired) electrons. The summed E-state index contributed by atoms with van der Waals surface area (Å²) in [5.74, 6) is 0.803. The van der Waals surface area contributed by atoms with Crippen molar-refractivity contribution < 1.29 is 14.6 Å². The van der Waals surface area contributed by atoms with Gasteiger partial charge >= 0.3 is 0 Å². The molecule has 1 aromatic carbocycles. The molecule has 0 bridgehead atoms. The number of aliphatic hydroxyl groups excluding tert-OH is 1. The Morgan fingerprint density at radius 2 is 1.95 bits per heavy atom. The van der Waals surface area contributed by atoms with E-state index in [1.165, 1.54) is 0 Å². The largest absolute Gasteiger partial charge is 0.486 e. The van der Waals surface area contributed by atoms with E-state index in [2.05, 4.69) is 18.7 Å². The Balaban J connectivity index is 1.97. The van der Waals surface area contributed by atoms with Crippen molar-refractivity contribution in [2.24, 2.45) is 0 Å². The van der Waals surface area contributed by atoms with Crippen molar-refractivity contribution in [2.75, 3.05) is 26.3 Å². The maximum absolute atomic E-state index is 10.9. The van der Waals surface area contributed by atoms with Crippen LogP contribution in [-0.2, 0) is 4.74 Å². The Hall–Kier alpha value is -1.10. The summed E-state index contributed by atoms with van der Waals surface area (Å²) in [6.07, 6.45) is -0.522. The lowest BCUT2D eigenvalue weighted by molar-refractivity contribution is -0.106. The molecule has 4 nitrogen and oxygen atoms in total. The molecule has 0 aromatic heterocycles. The Labute approximate surface area is 120 Å². The van der Waals surface area contributed by atoms with Crippen LogP contribution >= 0.6 is 0 Å². The summed E-state index contributed by atoms with van der Waals surface area (Å²) < 4.78 is 11.6. The van der Waals surface area contributed by atoms with E-state index in [9.17, 15) is 5.11 Å². The molecule has 4 heteroatoms. The second-order valence-corrected chi connectivity index (χ2v) is 6.28. The number of hydrogen-bond donors (Lipinski definition) is 1. The van der Waals surface area contributed by atoms with Crippen LogP contribution in [0.25, 0.3) is 0 Å². The van der Waals surface area contributed by atoms with Gasteiger partial charge in [-0.15, -0.1) is 0 Å². The Morgan fingerprint density at radius 3 is 2.65 bits per heavy atom. The average molecular weight is 277 g/mol. The smallest absolute Gasteiger partial charge is 0.126 e. The van der Waals surface area contributed by atoms with Gasteiger partial charge in [-0.1, -0.05) is 11.6 Å². The molecular formula is C16H23NO3. The van der Waals surface area contributed by atoms with E-state index in [4.69, 9.17) is 9.47 Å². The summed E-state index contributed by atoms with van der Waals surface area (Å²) in [6, 6.07) is 5.98. The standard InChI is InChI=1S/C16H23NO3/c1-11-4-5-13-12(10-11)14(18)15(16(2,3)20-13)17-6-8-19-9-7-17/h4-5,10,14-15,18H,6-9H2,1-3H3. The van der Waals surface area contributed by atoms with Crippen LogP contribution in [0.4, 0.5) is 0 Å². The zero-order chi connectivity index (χ0) is 14.3. The molecule has 0 spiro atoms. The summed E-state index contributed by atoms with van der Waals surface area (Å²) in [5.41, 5.74) is 1.63. The number of benzene rings is 1. The van der Waals surface area contributed by atoms with Gasteiger partial charge in [0.2, 0.25) is 0 Å². The van der Waals surface area contributed by atoms with Crippen molar-refractivity contribution in [3.63, 3.8) is 0 Å². The van der Waals surface area contributed by atoms with Gasteiger partial charge in [0.1, 0.15) is 17.5 Å². The molecule has 20 heavy (non-hydrogen) atoms. The first kappa shape index (κ1) is 13.9. The van der Waals surface area contributed by atoms with Crippen molar-refractivity contribution in [2.45, 2.75) is 38.5 Å². The van der Waals surface area contributed by atoms with Crippen LogP contribution in [0, 0.1) is 6.92 Å². The van der Waals surface area contributed by atoms with Gasteiger partial charge in [-0.3, -0.25) is 4.90 Å². The van der Waals surface area contributed by atoms with Crippen LogP contribution in [0.15, 0.2) is 18.2 Å². The molecule has 3 rings (SSSR count). The SMILES string of the molecule is Cc1ccc2c(c1)C(O)C(N1CCOCC1)C(C)(C)O2. The van der Waals surface area contributed by atoms with Crippen LogP contribution in [-0.4, -0.2) is 48.0 Å². The third-order valence-electron chi connectivity index (χ3n) is 4.31. The summed E-state index contributed by atoms with van der Waals surface area (Å²) in [5, 5.41) is 10.9. The van der Waals surface area contributed by atoms with Crippen LogP contribution in [0.2, 0.25) is 0 Å². The van der Waals surface area contributed by atoms with Gasteiger partial charge in [-0.05, 0) is 32.9 Å². The number of ether oxygens (including phenoxy) is 2. The number of hydrogen-bond acceptors (Lipinski definition) is 4. The number of aliphatic hydroxyl groups is 1. The zero-order valence-electron chi connectivity index (χ0n) is 12.4. The van der Waals surface area contributed by atoms with Crippen LogP contribution in [0.3, 0.4) is 0 Å². The van der Waals surface area contributed by atoms with Gasteiger partial charge in [0.25, 0.3) is 0 Å². The molecule has 1 fully saturated rings. The summed E-state index contributed by atoms with van der Waals surface area (Å²) in [4.78, 5) is 2.29. The molecule has 2 unspecified atom stereocenters. The highest BCUT2D eigenvalue weighted by molar-refractivity contribution is 5.42. The predicted octanol–water partition coefficient (Wildman–Crippen LogP) is 1.90. The second kappa shape index (κ2) is 5.02. The van der Waals surface area contributed by atoms with Gasteiger partial charge < -0.3 is 14.6 Å². The van der Waals surface area contributed by atoms with Crippen molar-refractivity contribution in [3.8, 4) is 5.75 Å². The third-order valence-corrected chi connectivity index (χ3v) is 4.31. The maximum Gasteiger partial charge on any atom is 0.126 e. The minimum absolute atomic E-state index is 0.0410. The van der Waals surface area contributed by atoms with E-state index in [1.54, 1.807) is 0 Å². The topological polar surface area (TPSA) is 41.9 Å². The van der Waals surface area contributed by atoms with E-state index in [-0.39, 0.29) is 6.04 Å². The number of fused-ring (bicyclic) bond motifs is 1. The van der Waals surface area contributed by atoms with Crippen LogP contribution < -0.4 is 4.74 Å². The summed E-state index contributed by atoms with van der Waals surface area (Å²) >= 11 is 0. The summed E-state index contributed by atoms with van der Waals surface area (Å²) in [7, 11) is 0. The number of morpholine rings is 1. The Bertz CT molecular complexity index is 494. The van der Waals surface area contributed by atoms with E-state index in [0.717, 1.165) is 43.2 Å². The molecule has 0 saturated carbocycles. The van der Waals surface area contributed by atoms with Crippen molar-refractivity contribution in [3.05, 3.63) is 29.3 Å². The normalized spacial score (nSPS) is 29.6. The first-order chi connectivity index (χ1) is 9.49. The Morgan fingerprint density at radius 1 is 1.25 bits per heavy atom. The molecule has 0 amide bonds. The zero-order valence-corrected chi connectivity index (χ0v) is 12.4. The van der Waals surface area contributed by atoms with E-state index >= 15 is 0 Å². The van der Waals surface area contributed by atoms with E-state index in [1.807, 2.05) is 25.1 Å². The molecule has 0 aliphatic carbocycles. The first-order valence-corrected chi connectivity index (χ1v) is 7.28. The van der Waals surface area contributed by atoms with E-state index < -0.39 is 11.7 Å². The second-order valence-electron chi connectivity index (χ2n) is 6.28. The van der Waals surface area contributed by atoms with Gasteiger partial charge in [0.15, 0.2) is 0 Å². The molecule has 2 atom stereocenters. The molecular weight excluding hydrogens is 254 g/mol. The molecule has 110 valence electrons. The number of nitrogens with zero attached hydrogens (tertiary/aromatic N) is 1. The highest BCUT2D eigenvalue weighted by Gasteiger charge is 2.46. The monoisotopic (exact) mass is 277 g/mol. The summed E-state index contributed by atoms with van der Waals surface area (Å²) in [6.45, 7) is 9.28. The van der Waals surface area contributed by atoms with Gasteiger partial charge in [0, 0.05) is 18.7 Å². The van der Waals surface area contributed by atoms with Crippen LogP contribution in [0.5, 0.6) is 5.75 Å². The average Bonchev–Trinajstić information content (AvgIpc) is 2.40. The molecule has 1 saturated heterocycles. The fraction of sp³-hybridized carbons (Fsp3) is 0.625. The molecule has 2 heterocycles. The fourth-order valence-corrected chi connectivity index (χ4v) is 3.38. The molecule has 2 aliphatic heterocycles. The number of aryl methyl sites for hydroxylation is 1. The van der Waals surface area contributed by atoms with Gasteiger partial charge in [-0.25, -0.2) is 0 Å². The lowest BCUT2D eigenvalue weighted by Crippen LogP contribution is -2.60. The third kappa shape index (κ3) is 2.32. The molecule has 1 N–H and O–H groups in total. The maximum atomic E-state index is 10.9. The minimum atomic E-state index is -0.522. The van der Waals surface area contributed by atoms with Crippen molar-refractivity contribution in [1.29, 1.82) is 0 Å². The van der Waals surface area contributed by atoms with E-state index in [0.29, 0.717) is 0 Å². The predicted molar refractivity (Wildman–Crippen MR) is 77.0 cm³/mol. The van der Waals surface area contributed by atoms with Gasteiger partial charge in [0.05, 0.1) is 19.3 Å². The fourth-order valence-electron chi connectivity index (χ4n) is 3.38. The van der Waals surface area contributed by atoms with Crippen molar-refractivity contribution >= 4 is 0 Å². The molecule has 1 aromatic rings. The van der Waals surface area contributed by atoms with Crippen molar-refractivity contribution in [1.82, 2.24) is 4.90 Å². The number of rotatable bonds is 1. The first-order valence-electron chi connectivity index (χ1n) is 7.28. The Kier molecular flexibility index (Phi) is 3.48. The minimum Gasteiger partial charge on any atom is -0.486 e. The van der Waals surface area contributed by atoms with Gasteiger partial charge in [-0.2, -0.15) is 0 Å². The van der Waals surface area contributed by atoms with Crippen LogP contribution in [0.1, 0.15) is 31.1 Å². The highest BCUT2D eigenvalue weighted by Crippen LogP contribution is 2.42. The molecule has 2 aliphatic rings.